The number of nitrogens with two attached hydrogens (primary N) is 1. The lowest BCUT2D eigenvalue weighted by Gasteiger charge is -2.10. The molecule has 0 fully saturated rings. The lowest BCUT2D eigenvalue weighted by molar-refractivity contribution is -1.22. The van der Waals surface area contributed by atoms with Crippen molar-refractivity contribution in [2.75, 3.05) is 7.05 Å². The van der Waals surface area contributed by atoms with E-state index < -0.39 is 5.39 Å². The Balaban J connectivity index is 2.83. The summed E-state index contributed by atoms with van der Waals surface area (Å²) >= 11 is 0. The van der Waals surface area contributed by atoms with Gasteiger partial charge in [0.15, 0.2) is 0 Å². The predicted molar refractivity (Wildman–Crippen MR) is 19.7 cm³/mol. The maximum Gasteiger partial charge on any atom is 0.0154 e. The van der Waals surface area contributed by atoms with E-state index in [1.54, 1.807) is 0 Å². The Hall–Kier alpha value is -0.240. The van der Waals surface area contributed by atoms with E-state index in [1.807, 2.05) is 0 Å². The second-order valence-electron chi connectivity index (χ2n) is 0.674. The molecule has 0 amide bonds. The topological polar surface area (TPSA) is 84.0 Å². The maximum atomic E-state index is 9.78. The molecule has 0 spiro atoms. The monoisotopic (exact) mass is 109 g/mol. The number of hydroxylamine groups is 1. The Morgan fingerprint density at radius 3 is 2.57 bits per heavy atom. The first-order chi connectivity index (χ1) is 3.31. The van der Waals surface area contributed by atoms with Gasteiger partial charge in [-0.25, -0.2) is 0 Å². The van der Waals surface area contributed by atoms with Crippen LogP contribution in [0.15, 0.2) is 0 Å². The van der Waals surface area contributed by atoms with Crippen molar-refractivity contribution >= 4 is 0 Å². The second kappa shape index (κ2) is 3.93. The summed E-state index contributed by atoms with van der Waals surface area (Å²) < 4.78 is 0. The molecular weight excluding hydrogens is 102 g/mol. The molecule has 0 aliphatic carbocycles. The average Bonchev–Trinajstić information content (AvgIpc) is 1.68. The van der Waals surface area contributed by atoms with E-state index in [2.05, 4.69) is 21.3 Å². The van der Waals surface area contributed by atoms with Crippen LogP contribution in [0.1, 0.15) is 0 Å². The zero-order valence-corrected chi connectivity index (χ0v) is 3.80. The van der Waals surface area contributed by atoms with Gasteiger partial charge in [0, 0.05) is 7.05 Å². The zero-order chi connectivity index (χ0) is 5.70. The molecule has 0 aromatic carbocycles. The smallest absolute Gasteiger partial charge is 0.0154 e. The van der Waals surface area contributed by atoms with Gasteiger partial charge in [-0.3, -0.25) is 0 Å². The van der Waals surface area contributed by atoms with Crippen LogP contribution in [0.3, 0.4) is 0 Å². The van der Waals surface area contributed by atoms with Crippen molar-refractivity contribution in [2.24, 2.45) is 5.90 Å². The van der Waals surface area contributed by atoms with E-state index in [4.69, 9.17) is 0 Å². The minimum atomic E-state index is -0.956. The van der Waals surface area contributed by atoms with E-state index in [9.17, 15) is 5.21 Å². The highest BCUT2D eigenvalue weighted by Crippen LogP contribution is 1.33. The quantitative estimate of drug-likeness (QED) is 0.342. The summed E-state index contributed by atoms with van der Waals surface area (Å²) in [5.74, 6) is 4.34. The molecule has 0 rings (SSSR count). The summed E-state index contributed by atoms with van der Waals surface area (Å²) in [6.45, 7) is 0. The van der Waals surface area contributed by atoms with Crippen molar-refractivity contribution in [3.05, 3.63) is 5.21 Å². The van der Waals surface area contributed by atoms with Crippen LogP contribution in [0, 0.1) is 5.21 Å². The van der Waals surface area contributed by atoms with Gasteiger partial charge >= 0.3 is 0 Å². The summed E-state index contributed by atoms with van der Waals surface area (Å²) in [4.78, 5) is 7.52. The lowest BCUT2D eigenvalue weighted by Crippen LogP contribution is -3.07. The van der Waals surface area contributed by atoms with Gasteiger partial charge in [-0.15, -0.1) is 5.48 Å². The van der Waals surface area contributed by atoms with Gasteiger partial charge in [-0.1, -0.05) is 9.88 Å². The summed E-state index contributed by atoms with van der Waals surface area (Å²) in [5, 5.41) is 8.82. The fourth-order valence-corrected chi connectivity index (χ4v) is 0.107. The van der Waals surface area contributed by atoms with Crippen molar-refractivity contribution in [1.82, 2.24) is 5.48 Å². The van der Waals surface area contributed by atoms with E-state index in [0.717, 1.165) is 0 Å². The molecule has 0 radical (unpaired) electrons. The minimum absolute atomic E-state index is 0.956. The second-order valence-corrected chi connectivity index (χ2v) is 0.674. The Labute approximate surface area is 40.2 Å². The van der Waals surface area contributed by atoms with Crippen LogP contribution in [0.4, 0.5) is 0 Å². The fourth-order valence-electron chi connectivity index (χ4n) is 0.107. The third-order valence-corrected chi connectivity index (χ3v) is 0.282. The molecule has 0 aromatic heterocycles. The van der Waals surface area contributed by atoms with Crippen molar-refractivity contribution < 1.29 is 15.3 Å². The van der Waals surface area contributed by atoms with Crippen molar-refractivity contribution in [3.8, 4) is 0 Å². The van der Waals surface area contributed by atoms with Gasteiger partial charge in [0.1, 0.15) is 0 Å². The first-order valence-corrected chi connectivity index (χ1v) is 1.55. The summed E-state index contributed by atoms with van der Waals surface area (Å²) in [6.07, 6.45) is 0. The highest BCUT2D eigenvalue weighted by Gasteiger charge is 1.87. The molecule has 0 aliphatic heterocycles. The van der Waals surface area contributed by atoms with Gasteiger partial charge < -0.3 is 5.21 Å². The minimum Gasteiger partial charge on any atom is -0.563 e. The Morgan fingerprint density at radius 1 is 1.86 bits per heavy atom. The standard InChI is InChI=1S/CH7N3O3/c1-3-7-4(5)6-2/h3-4H,2H2,1H3. The summed E-state index contributed by atoms with van der Waals surface area (Å²) in [6, 6.07) is 0. The fraction of sp³-hybridized carbons (Fsp3) is 1.00. The van der Waals surface area contributed by atoms with Crippen LogP contribution in [-0.2, 0) is 9.88 Å². The summed E-state index contributed by atoms with van der Waals surface area (Å²) in [5.41, 5.74) is 2.06. The molecule has 0 aliphatic rings. The molecule has 0 bridgehead atoms. The molecule has 1 atom stereocenters. The summed E-state index contributed by atoms with van der Waals surface area (Å²) in [7, 11) is 1.41. The van der Waals surface area contributed by atoms with Crippen LogP contribution in [-0.4, -0.2) is 7.05 Å². The molecule has 6 nitrogen and oxygen atoms in total. The number of hydrogen-bond donors (Lipinski definition) is 3. The lowest BCUT2D eigenvalue weighted by atomic mass is 11.6. The Bertz CT molecular complexity index is 41.2. The molecule has 0 aromatic rings. The number of nitrogens with one attached hydrogen (secondary N) is 2. The van der Waals surface area contributed by atoms with E-state index >= 15 is 0 Å². The van der Waals surface area contributed by atoms with Gasteiger partial charge in [-0.2, -0.15) is 5.90 Å². The first-order valence-electron chi connectivity index (χ1n) is 1.55. The predicted octanol–water partition coefficient (Wildman–Crippen LogP) is -2.76. The normalized spacial score (nSPS) is 14.1. The van der Waals surface area contributed by atoms with Crippen LogP contribution in [0.5, 0.6) is 0 Å². The third kappa shape index (κ3) is 3.59. The average molecular weight is 109 g/mol. The van der Waals surface area contributed by atoms with Gasteiger partial charge in [0.25, 0.3) is 0 Å². The van der Waals surface area contributed by atoms with Crippen LogP contribution >= 0.6 is 0 Å². The number of hydrogen-bond acceptors (Lipinski definition) is 5. The first kappa shape index (κ1) is 6.76. The van der Waals surface area contributed by atoms with E-state index in [1.165, 1.54) is 7.05 Å². The van der Waals surface area contributed by atoms with Crippen molar-refractivity contribution in [3.63, 3.8) is 0 Å². The van der Waals surface area contributed by atoms with Gasteiger partial charge in [0.2, 0.25) is 0 Å². The van der Waals surface area contributed by atoms with Gasteiger partial charge in [0.05, 0.1) is 0 Å². The highest BCUT2D eigenvalue weighted by atomic mass is 17.2. The molecule has 44 valence electrons. The van der Waals surface area contributed by atoms with Gasteiger partial charge in [-0.05, 0) is 5.39 Å². The van der Waals surface area contributed by atoms with E-state index in [-0.39, 0.29) is 0 Å². The third-order valence-electron chi connectivity index (χ3n) is 0.282. The highest BCUT2D eigenvalue weighted by molar-refractivity contribution is 3.79. The molecule has 7 heavy (non-hydrogen) atoms. The van der Waals surface area contributed by atoms with Crippen molar-refractivity contribution in [1.29, 1.82) is 0 Å². The zero-order valence-electron chi connectivity index (χ0n) is 3.80. The maximum absolute atomic E-state index is 9.78. The van der Waals surface area contributed by atoms with Crippen LogP contribution < -0.4 is 16.8 Å². The Kier molecular flexibility index (Phi) is 3.80. The number of quaternary nitrogens is 1. The molecule has 1 unspecified atom stereocenters. The largest absolute Gasteiger partial charge is 0.563 e. The molecule has 6 heteroatoms. The molecule has 0 saturated carbocycles. The Morgan fingerprint density at radius 2 is 2.43 bits per heavy atom. The molecule has 0 heterocycles. The van der Waals surface area contributed by atoms with Crippen LogP contribution in [0.2, 0.25) is 0 Å². The molecule has 4 N–H and O–H groups in total. The molecular formula is CH7N3O3. The SMILES string of the molecule is CNO[NH+]([O-])ON. The van der Waals surface area contributed by atoms with Crippen LogP contribution in [0.25, 0.3) is 0 Å². The van der Waals surface area contributed by atoms with Crippen molar-refractivity contribution in [2.45, 2.75) is 0 Å². The molecule has 0 saturated heterocycles. The number of rotatable bonds is 3. The van der Waals surface area contributed by atoms with E-state index in [0.29, 0.717) is 0 Å².